The van der Waals surface area contributed by atoms with E-state index in [1.807, 2.05) is 0 Å². The third-order valence-corrected chi connectivity index (χ3v) is 5.65. The molecule has 4 heteroatoms. The summed E-state index contributed by atoms with van der Waals surface area (Å²) in [6, 6.07) is 16.8. The van der Waals surface area contributed by atoms with Gasteiger partial charge in [-0.15, -0.1) is 23.5 Å². The fraction of sp³-hybridized carbons (Fsp3) is 0.250. The van der Waals surface area contributed by atoms with Crippen molar-refractivity contribution < 1.29 is 9.53 Å². The van der Waals surface area contributed by atoms with Gasteiger partial charge in [0.1, 0.15) is 6.10 Å². The van der Waals surface area contributed by atoms with Gasteiger partial charge in [0.2, 0.25) is 0 Å². The Morgan fingerprint density at radius 2 is 1.38 bits per heavy atom. The van der Waals surface area contributed by atoms with E-state index in [0.29, 0.717) is 0 Å². The molecule has 0 aliphatic heterocycles. The molecule has 2 aromatic rings. The van der Waals surface area contributed by atoms with Gasteiger partial charge in [-0.3, -0.25) is 0 Å². The normalized spacial score (nSPS) is 10.6. The van der Waals surface area contributed by atoms with E-state index in [2.05, 4.69) is 69.0 Å². The summed E-state index contributed by atoms with van der Waals surface area (Å²) in [4.78, 5) is 13.9. The molecule has 2 aromatic carbocycles. The first-order valence-electron chi connectivity index (χ1n) is 7.79. The largest absolute Gasteiger partial charge is 0.457 e. The molecule has 0 radical (unpaired) electrons. The van der Waals surface area contributed by atoms with Crippen LogP contribution in [-0.2, 0) is 9.53 Å². The van der Waals surface area contributed by atoms with Crippen LogP contribution in [-0.4, -0.2) is 23.6 Å². The van der Waals surface area contributed by atoms with Gasteiger partial charge in [-0.2, -0.15) is 0 Å². The van der Waals surface area contributed by atoms with Crippen molar-refractivity contribution in [3.05, 3.63) is 72.3 Å². The van der Waals surface area contributed by atoms with Gasteiger partial charge in [-0.25, -0.2) is 4.79 Å². The minimum Gasteiger partial charge on any atom is -0.457 e. The van der Waals surface area contributed by atoms with Crippen molar-refractivity contribution in [2.24, 2.45) is 0 Å². The third-order valence-electron chi connectivity index (χ3n) is 3.36. The lowest BCUT2D eigenvalue weighted by molar-refractivity contribution is -0.140. The van der Waals surface area contributed by atoms with Crippen molar-refractivity contribution in [1.29, 1.82) is 0 Å². The maximum absolute atomic E-state index is 11.6. The number of thioether (sulfide) groups is 2. The van der Waals surface area contributed by atoms with Crippen molar-refractivity contribution in [1.82, 2.24) is 0 Å². The number of hydrogen-bond acceptors (Lipinski definition) is 4. The van der Waals surface area contributed by atoms with Gasteiger partial charge in [0.15, 0.2) is 0 Å². The van der Waals surface area contributed by atoms with Gasteiger partial charge >= 0.3 is 5.97 Å². The van der Waals surface area contributed by atoms with Gasteiger partial charge in [-0.1, -0.05) is 42.0 Å². The molecule has 0 amide bonds. The fourth-order valence-corrected chi connectivity index (χ4v) is 3.91. The number of esters is 1. The van der Waals surface area contributed by atoms with E-state index in [4.69, 9.17) is 4.74 Å². The van der Waals surface area contributed by atoms with Gasteiger partial charge in [0, 0.05) is 27.4 Å². The number of carbonyl (C=O) groups excluding carboxylic acids is 1. The number of hydrogen-bond donors (Lipinski definition) is 0. The first-order chi connectivity index (χ1) is 11.6. The summed E-state index contributed by atoms with van der Waals surface area (Å²) in [5, 5.41) is 0. The van der Waals surface area contributed by atoms with Crippen LogP contribution in [0, 0.1) is 13.8 Å². The molecule has 0 unspecified atom stereocenters. The van der Waals surface area contributed by atoms with Gasteiger partial charge in [0.25, 0.3) is 0 Å². The second-order valence-electron chi connectivity index (χ2n) is 5.51. The lowest BCUT2D eigenvalue weighted by Gasteiger charge is -2.16. The molecule has 0 saturated heterocycles. The zero-order valence-corrected chi connectivity index (χ0v) is 15.7. The van der Waals surface area contributed by atoms with Crippen LogP contribution in [0.1, 0.15) is 11.1 Å². The van der Waals surface area contributed by atoms with Crippen LogP contribution in [0.5, 0.6) is 0 Å². The zero-order chi connectivity index (χ0) is 17.4. The third kappa shape index (κ3) is 6.46. The quantitative estimate of drug-likeness (QED) is 0.364. The lowest BCUT2D eigenvalue weighted by Crippen LogP contribution is -2.22. The van der Waals surface area contributed by atoms with Crippen LogP contribution in [0.3, 0.4) is 0 Å². The van der Waals surface area contributed by atoms with Crippen molar-refractivity contribution >= 4 is 29.5 Å². The topological polar surface area (TPSA) is 26.3 Å². The zero-order valence-electron chi connectivity index (χ0n) is 14.0. The van der Waals surface area contributed by atoms with Crippen LogP contribution in [0.15, 0.2) is 71.0 Å². The fourth-order valence-electron chi connectivity index (χ4n) is 1.98. The Morgan fingerprint density at radius 1 is 0.958 bits per heavy atom. The van der Waals surface area contributed by atoms with Crippen LogP contribution < -0.4 is 0 Å². The predicted molar refractivity (Wildman–Crippen MR) is 104 cm³/mol. The first-order valence-corrected chi connectivity index (χ1v) is 9.76. The molecule has 0 bridgehead atoms. The van der Waals surface area contributed by atoms with Crippen molar-refractivity contribution in [2.75, 3.05) is 11.5 Å². The van der Waals surface area contributed by atoms with E-state index in [9.17, 15) is 4.79 Å². The van der Waals surface area contributed by atoms with E-state index in [1.165, 1.54) is 27.0 Å². The van der Waals surface area contributed by atoms with Crippen molar-refractivity contribution in [3.8, 4) is 0 Å². The number of rotatable bonds is 8. The maximum Gasteiger partial charge on any atom is 0.330 e. The summed E-state index contributed by atoms with van der Waals surface area (Å²) in [5.41, 5.74) is 2.48. The molecule has 126 valence electrons. The van der Waals surface area contributed by atoms with E-state index < -0.39 is 0 Å². The van der Waals surface area contributed by atoms with Crippen LogP contribution in [0.25, 0.3) is 0 Å². The molecule has 24 heavy (non-hydrogen) atoms. The molecule has 0 aliphatic rings. The minimum atomic E-state index is -0.367. The van der Waals surface area contributed by atoms with Gasteiger partial charge in [-0.05, 0) is 38.1 Å². The molecule has 0 aromatic heterocycles. The second kappa shape index (κ2) is 9.60. The summed E-state index contributed by atoms with van der Waals surface area (Å²) in [6.07, 6.45) is 1.06. The number of aryl methyl sites for hydroxylation is 2. The molecule has 0 heterocycles. The first kappa shape index (κ1) is 18.7. The Labute approximate surface area is 152 Å². The van der Waals surface area contributed by atoms with E-state index in [1.54, 1.807) is 23.5 Å². The Balaban J connectivity index is 1.92. The van der Waals surface area contributed by atoms with E-state index >= 15 is 0 Å². The molecule has 2 nitrogen and oxygen atoms in total. The Hall–Kier alpha value is -1.65. The second-order valence-corrected chi connectivity index (χ2v) is 7.70. The summed E-state index contributed by atoms with van der Waals surface area (Å²) in [5.74, 6) is 1.08. The summed E-state index contributed by atoms with van der Waals surface area (Å²) >= 11 is 3.40. The molecular formula is C20H22O2S2. The van der Waals surface area contributed by atoms with Crippen molar-refractivity contribution in [2.45, 2.75) is 29.7 Å². The lowest BCUT2D eigenvalue weighted by atomic mass is 10.2. The Kier molecular flexibility index (Phi) is 7.47. The van der Waals surface area contributed by atoms with Crippen LogP contribution >= 0.6 is 23.5 Å². The van der Waals surface area contributed by atoms with Gasteiger partial charge in [0.05, 0.1) is 0 Å². The van der Waals surface area contributed by atoms with Crippen LogP contribution in [0.2, 0.25) is 0 Å². The molecule has 0 atom stereocenters. The molecule has 0 fully saturated rings. The summed E-state index contributed by atoms with van der Waals surface area (Å²) in [6.45, 7) is 7.62. The molecule has 0 saturated carbocycles. The van der Waals surface area contributed by atoms with Gasteiger partial charge < -0.3 is 4.74 Å². The van der Waals surface area contributed by atoms with Crippen LogP contribution in [0.4, 0.5) is 0 Å². The monoisotopic (exact) mass is 358 g/mol. The highest BCUT2D eigenvalue weighted by Gasteiger charge is 2.14. The molecule has 2 rings (SSSR count). The number of carbonyl (C=O) groups is 1. The minimum absolute atomic E-state index is 0.159. The molecule has 0 N–H and O–H groups in total. The SMILES string of the molecule is C=CC(=O)OC(CSc1ccc(C)cc1)CSc1ccc(C)cc1. The highest BCUT2D eigenvalue weighted by Crippen LogP contribution is 2.25. The highest BCUT2D eigenvalue weighted by atomic mass is 32.2. The average molecular weight is 359 g/mol. The molecular weight excluding hydrogens is 336 g/mol. The van der Waals surface area contributed by atoms with Crippen molar-refractivity contribution in [3.63, 3.8) is 0 Å². The number of benzene rings is 2. The Bertz CT molecular complexity index is 614. The average Bonchev–Trinajstić information content (AvgIpc) is 2.60. The molecule has 0 aliphatic carbocycles. The smallest absolute Gasteiger partial charge is 0.330 e. The Morgan fingerprint density at radius 3 is 1.75 bits per heavy atom. The molecule has 0 spiro atoms. The maximum atomic E-state index is 11.6. The van der Waals surface area contributed by atoms with E-state index in [-0.39, 0.29) is 12.1 Å². The standard InChI is InChI=1S/C20H22O2S2/c1-4-20(21)22-17(13-23-18-9-5-15(2)6-10-18)14-24-19-11-7-16(3)8-12-19/h4-12,17H,1,13-14H2,2-3H3. The summed E-state index contributed by atoms with van der Waals surface area (Å²) < 4.78 is 5.49. The van der Waals surface area contributed by atoms with E-state index in [0.717, 1.165) is 11.5 Å². The highest BCUT2D eigenvalue weighted by molar-refractivity contribution is 8.00. The number of ether oxygens (including phenoxy) is 1. The summed E-state index contributed by atoms with van der Waals surface area (Å²) in [7, 11) is 0. The predicted octanol–water partition coefficient (Wildman–Crippen LogP) is 5.29.